The van der Waals surface area contributed by atoms with Gasteiger partial charge in [-0.3, -0.25) is 4.90 Å². The van der Waals surface area contributed by atoms with Crippen LogP contribution in [0, 0.1) is 0 Å². The van der Waals surface area contributed by atoms with Crippen LogP contribution in [0.5, 0.6) is 0 Å². The molecule has 0 spiro atoms. The molecule has 0 bridgehead atoms. The van der Waals surface area contributed by atoms with Crippen molar-refractivity contribution in [2.75, 3.05) is 6.54 Å². The molecule has 2 heteroatoms. The molecule has 1 nitrogen and oxygen atoms in total. The van der Waals surface area contributed by atoms with Crippen LogP contribution >= 0.6 is 0 Å². The predicted octanol–water partition coefficient (Wildman–Crippen LogP) is 5.56. The summed E-state index contributed by atoms with van der Waals surface area (Å²) >= 11 is 0. The predicted molar refractivity (Wildman–Crippen MR) is 92.7 cm³/mol. The molecule has 19 heavy (non-hydrogen) atoms. The van der Waals surface area contributed by atoms with Crippen LogP contribution in [-0.4, -0.2) is 30.6 Å². The fraction of sp³-hybridized carbons (Fsp3) is 0.882. The van der Waals surface area contributed by atoms with Crippen LogP contribution in [0.15, 0.2) is 12.2 Å². The van der Waals surface area contributed by atoms with E-state index in [0.29, 0.717) is 0 Å². The quantitative estimate of drug-likeness (QED) is 0.455. The van der Waals surface area contributed by atoms with Gasteiger partial charge in [0.05, 0.1) is 8.07 Å². The SMILES string of the molecule is CC=CC[Si](C)(C)CCCN(C(C)(C)C)C(C)(C)C. The highest BCUT2D eigenvalue weighted by Gasteiger charge is 2.31. The van der Waals surface area contributed by atoms with E-state index >= 15 is 0 Å². The Balaban J connectivity index is 4.44. The van der Waals surface area contributed by atoms with Crippen molar-refractivity contribution in [3.8, 4) is 0 Å². The second-order valence-electron chi connectivity index (χ2n) is 8.53. The highest BCUT2D eigenvalue weighted by Crippen LogP contribution is 2.26. The van der Waals surface area contributed by atoms with Gasteiger partial charge in [-0.15, -0.1) is 0 Å². The topological polar surface area (TPSA) is 3.24 Å². The van der Waals surface area contributed by atoms with Crippen molar-refractivity contribution in [2.45, 2.75) is 91.1 Å². The first kappa shape index (κ1) is 18.9. The van der Waals surface area contributed by atoms with Gasteiger partial charge in [0.25, 0.3) is 0 Å². The molecule has 0 atom stereocenters. The number of allylic oxidation sites excluding steroid dienone is 2. The maximum absolute atomic E-state index is 2.65. The Hall–Kier alpha value is -0.0831. The Morgan fingerprint density at radius 1 is 0.947 bits per heavy atom. The minimum absolute atomic E-state index is 0.257. The molecule has 0 fully saturated rings. The Bertz CT molecular complexity index is 265. The molecule has 0 aromatic heterocycles. The van der Waals surface area contributed by atoms with E-state index in [1.807, 2.05) is 0 Å². The van der Waals surface area contributed by atoms with E-state index in [1.165, 1.54) is 25.1 Å². The molecule has 0 aliphatic rings. The van der Waals surface area contributed by atoms with E-state index in [-0.39, 0.29) is 11.1 Å². The lowest BCUT2D eigenvalue weighted by molar-refractivity contribution is 0.0386. The first-order chi connectivity index (χ1) is 8.40. The molecule has 0 saturated carbocycles. The smallest absolute Gasteiger partial charge is 0.0511 e. The summed E-state index contributed by atoms with van der Waals surface area (Å²) in [7, 11) is -1.02. The lowest BCUT2D eigenvalue weighted by Crippen LogP contribution is -2.53. The zero-order valence-corrected chi connectivity index (χ0v) is 15.9. The summed E-state index contributed by atoms with van der Waals surface area (Å²) in [6.45, 7) is 22.4. The molecule has 0 aliphatic carbocycles. The molecule has 0 aliphatic heterocycles. The Morgan fingerprint density at radius 3 is 1.79 bits per heavy atom. The van der Waals surface area contributed by atoms with Crippen LogP contribution in [0.25, 0.3) is 0 Å². The van der Waals surface area contributed by atoms with Crippen LogP contribution in [-0.2, 0) is 0 Å². The average Bonchev–Trinajstić information content (AvgIpc) is 2.18. The second-order valence-corrected chi connectivity index (χ2v) is 13.8. The van der Waals surface area contributed by atoms with Crippen molar-refractivity contribution in [3.63, 3.8) is 0 Å². The van der Waals surface area contributed by atoms with Crippen molar-refractivity contribution in [2.24, 2.45) is 0 Å². The minimum Gasteiger partial charge on any atom is -0.294 e. The highest BCUT2D eigenvalue weighted by molar-refractivity contribution is 6.77. The zero-order valence-electron chi connectivity index (χ0n) is 14.9. The van der Waals surface area contributed by atoms with Gasteiger partial charge < -0.3 is 0 Å². The van der Waals surface area contributed by atoms with E-state index < -0.39 is 8.07 Å². The summed E-state index contributed by atoms with van der Waals surface area (Å²) in [6.07, 6.45) is 5.90. The fourth-order valence-corrected chi connectivity index (χ4v) is 5.12. The van der Waals surface area contributed by atoms with Crippen LogP contribution in [0.1, 0.15) is 54.9 Å². The molecule has 0 aromatic carbocycles. The first-order valence-electron chi connectivity index (χ1n) is 7.79. The second kappa shape index (κ2) is 7.08. The Labute approximate surface area is 123 Å². The maximum atomic E-state index is 2.65. The van der Waals surface area contributed by atoms with Crippen LogP contribution in [0.3, 0.4) is 0 Å². The molecule has 114 valence electrons. The third-order valence-electron chi connectivity index (χ3n) is 3.76. The van der Waals surface area contributed by atoms with Gasteiger partial charge >= 0.3 is 0 Å². The van der Waals surface area contributed by atoms with E-state index in [2.05, 4.69) is 78.6 Å². The molecule has 0 saturated heterocycles. The largest absolute Gasteiger partial charge is 0.294 e. The molecule has 0 N–H and O–H groups in total. The van der Waals surface area contributed by atoms with Crippen molar-refractivity contribution in [1.29, 1.82) is 0 Å². The maximum Gasteiger partial charge on any atom is 0.0511 e. The van der Waals surface area contributed by atoms with E-state index in [0.717, 1.165) is 0 Å². The van der Waals surface area contributed by atoms with E-state index in [1.54, 1.807) is 0 Å². The monoisotopic (exact) mass is 283 g/mol. The fourth-order valence-electron chi connectivity index (χ4n) is 2.93. The average molecular weight is 284 g/mol. The van der Waals surface area contributed by atoms with Crippen molar-refractivity contribution in [3.05, 3.63) is 12.2 Å². The van der Waals surface area contributed by atoms with Gasteiger partial charge in [-0.25, -0.2) is 0 Å². The lowest BCUT2D eigenvalue weighted by Gasteiger charge is -2.45. The van der Waals surface area contributed by atoms with Gasteiger partial charge in [0.2, 0.25) is 0 Å². The summed E-state index contributed by atoms with van der Waals surface area (Å²) in [4.78, 5) is 2.65. The summed E-state index contributed by atoms with van der Waals surface area (Å²) in [5.74, 6) is 0. The summed E-state index contributed by atoms with van der Waals surface area (Å²) in [5.41, 5.74) is 0.514. The van der Waals surface area contributed by atoms with E-state index in [4.69, 9.17) is 0 Å². The molecule has 0 radical (unpaired) electrons. The number of rotatable bonds is 6. The van der Waals surface area contributed by atoms with Gasteiger partial charge in [-0.2, -0.15) is 0 Å². The minimum atomic E-state index is -1.02. The first-order valence-corrected chi connectivity index (χ1v) is 11.2. The number of hydrogen-bond acceptors (Lipinski definition) is 1. The Kier molecular flexibility index (Phi) is 7.05. The van der Waals surface area contributed by atoms with Crippen LogP contribution in [0.4, 0.5) is 0 Å². The Morgan fingerprint density at radius 2 is 1.42 bits per heavy atom. The standard InChI is InChI=1S/C17H37NSi/c1-10-11-14-19(8,9)15-12-13-18(16(2,3)4)17(5,6)7/h10-11H,12-15H2,1-9H3. The molecule has 0 amide bonds. The molecule has 0 aromatic rings. The van der Waals surface area contributed by atoms with Gasteiger partial charge in [0.1, 0.15) is 0 Å². The summed E-state index contributed by atoms with van der Waals surface area (Å²) in [5, 5.41) is 0. The van der Waals surface area contributed by atoms with E-state index in [9.17, 15) is 0 Å². The molecular formula is C17H37NSi. The van der Waals surface area contributed by atoms with Gasteiger partial charge in [-0.05, 0) is 67.5 Å². The van der Waals surface area contributed by atoms with Crippen LogP contribution < -0.4 is 0 Å². The third-order valence-corrected chi connectivity index (χ3v) is 6.81. The van der Waals surface area contributed by atoms with Crippen LogP contribution in [0.2, 0.25) is 25.2 Å². The van der Waals surface area contributed by atoms with Gasteiger partial charge in [0, 0.05) is 11.1 Å². The number of nitrogens with zero attached hydrogens (tertiary/aromatic N) is 1. The van der Waals surface area contributed by atoms with Gasteiger partial charge in [-0.1, -0.05) is 31.3 Å². The van der Waals surface area contributed by atoms with Gasteiger partial charge in [0.15, 0.2) is 0 Å². The molecule has 0 heterocycles. The van der Waals surface area contributed by atoms with Crippen molar-refractivity contribution >= 4 is 8.07 Å². The summed E-state index contributed by atoms with van der Waals surface area (Å²) < 4.78 is 0. The molecular weight excluding hydrogens is 246 g/mol. The highest BCUT2D eigenvalue weighted by atomic mass is 28.3. The molecule has 0 rings (SSSR count). The normalized spacial score (nSPS) is 14.6. The lowest BCUT2D eigenvalue weighted by atomic mass is 9.96. The van der Waals surface area contributed by atoms with Crippen molar-refractivity contribution in [1.82, 2.24) is 4.90 Å². The van der Waals surface area contributed by atoms with Crippen molar-refractivity contribution < 1.29 is 0 Å². The number of hydrogen-bond donors (Lipinski definition) is 0. The third kappa shape index (κ3) is 7.94. The zero-order chi connectivity index (χ0) is 15.3. The molecule has 0 unspecified atom stereocenters. The summed E-state index contributed by atoms with van der Waals surface area (Å²) in [6, 6.07) is 2.76.